The Hall–Kier alpha value is -1.49. The first-order valence-corrected chi connectivity index (χ1v) is 7.58. The number of hydrogen-bond donors (Lipinski definition) is 1. The second-order valence-corrected chi connectivity index (χ2v) is 5.51. The fourth-order valence-corrected chi connectivity index (χ4v) is 3.23. The topological polar surface area (TPSA) is 57.4 Å². The molecule has 1 aliphatic rings. The van der Waals surface area contributed by atoms with Gasteiger partial charge in [-0.15, -0.1) is 0 Å². The quantitative estimate of drug-likeness (QED) is 0.939. The van der Waals surface area contributed by atoms with Crippen LogP contribution in [0.4, 0.5) is 0 Å². The predicted molar refractivity (Wildman–Crippen MR) is 83.1 cm³/mol. The largest absolute Gasteiger partial charge is 0.381 e. The second kappa shape index (κ2) is 6.10. The van der Waals surface area contributed by atoms with Gasteiger partial charge in [-0.05, 0) is 24.6 Å². The van der Waals surface area contributed by atoms with E-state index in [0.717, 1.165) is 29.3 Å². The van der Waals surface area contributed by atoms with Gasteiger partial charge >= 0.3 is 0 Å². The highest BCUT2D eigenvalue weighted by atomic mass is 16.5. The Morgan fingerprint density at radius 2 is 2.10 bits per heavy atom. The zero-order valence-electron chi connectivity index (χ0n) is 12.4. The molecule has 1 aliphatic heterocycles. The predicted octanol–water partition coefficient (Wildman–Crippen LogP) is 2.82. The lowest BCUT2D eigenvalue weighted by Crippen LogP contribution is -2.48. The highest BCUT2D eigenvalue weighted by molar-refractivity contribution is 5.82. The maximum Gasteiger partial charge on any atom is 0.0918 e. The first-order valence-electron chi connectivity index (χ1n) is 7.58. The number of rotatable bonds is 4. The SMILES string of the molecule is CCOC1(C(N)c2cccc3ncccc23)CCOCC1. The van der Waals surface area contributed by atoms with Crippen LogP contribution in [0.15, 0.2) is 36.5 Å². The number of hydrogen-bond acceptors (Lipinski definition) is 4. The molecule has 2 heterocycles. The summed E-state index contributed by atoms with van der Waals surface area (Å²) in [6.45, 7) is 4.10. The Morgan fingerprint density at radius 1 is 1.29 bits per heavy atom. The van der Waals surface area contributed by atoms with Crippen molar-refractivity contribution < 1.29 is 9.47 Å². The summed E-state index contributed by atoms with van der Waals surface area (Å²) in [6, 6.07) is 9.98. The number of pyridine rings is 1. The first-order chi connectivity index (χ1) is 10.3. The van der Waals surface area contributed by atoms with Crippen molar-refractivity contribution in [3.05, 3.63) is 42.1 Å². The van der Waals surface area contributed by atoms with Gasteiger partial charge in [0.25, 0.3) is 0 Å². The van der Waals surface area contributed by atoms with E-state index in [0.29, 0.717) is 19.8 Å². The summed E-state index contributed by atoms with van der Waals surface area (Å²) < 4.78 is 11.6. The fourth-order valence-electron chi connectivity index (χ4n) is 3.23. The number of benzene rings is 1. The molecule has 1 fully saturated rings. The molecule has 4 nitrogen and oxygen atoms in total. The van der Waals surface area contributed by atoms with E-state index < -0.39 is 0 Å². The van der Waals surface area contributed by atoms with Crippen molar-refractivity contribution in [2.24, 2.45) is 5.73 Å². The third-order valence-electron chi connectivity index (χ3n) is 4.35. The highest BCUT2D eigenvalue weighted by Gasteiger charge is 2.40. The van der Waals surface area contributed by atoms with Gasteiger partial charge in [0.1, 0.15) is 0 Å². The zero-order valence-corrected chi connectivity index (χ0v) is 12.4. The van der Waals surface area contributed by atoms with Crippen molar-refractivity contribution in [2.45, 2.75) is 31.4 Å². The van der Waals surface area contributed by atoms with E-state index in [2.05, 4.69) is 17.1 Å². The molecule has 112 valence electrons. The average molecular weight is 286 g/mol. The summed E-state index contributed by atoms with van der Waals surface area (Å²) in [5.41, 5.74) is 8.40. The van der Waals surface area contributed by atoms with Crippen LogP contribution in [0.1, 0.15) is 31.4 Å². The van der Waals surface area contributed by atoms with Crippen LogP contribution in [0.5, 0.6) is 0 Å². The number of aromatic nitrogens is 1. The number of fused-ring (bicyclic) bond motifs is 1. The van der Waals surface area contributed by atoms with Crippen molar-refractivity contribution in [1.82, 2.24) is 4.98 Å². The van der Waals surface area contributed by atoms with Crippen molar-refractivity contribution in [3.8, 4) is 0 Å². The molecule has 21 heavy (non-hydrogen) atoms. The minimum absolute atomic E-state index is 0.172. The third-order valence-corrected chi connectivity index (χ3v) is 4.35. The van der Waals surface area contributed by atoms with E-state index in [4.69, 9.17) is 15.2 Å². The molecule has 0 radical (unpaired) electrons. The third kappa shape index (κ3) is 2.67. The molecule has 1 aromatic carbocycles. The molecule has 0 amide bonds. The molecule has 1 saturated heterocycles. The van der Waals surface area contributed by atoms with Crippen LogP contribution < -0.4 is 5.73 Å². The summed E-state index contributed by atoms with van der Waals surface area (Å²) in [5.74, 6) is 0. The van der Waals surface area contributed by atoms with Gasteiger partial charge in [-0.25, -0.2) is 0 Å². The molecule has 0 bridgehead atoms. The van der Waals surface area contributed by atoms with E-state index in [1.807, 2.05) is 31.3 Å². The van der Waals surface area contributed by atoms with Crippen LogP contribution in [0.25, 0.3) is 10.9 Å². The Balaban J connectivity index is 2.03. The Morgan fingerprint density at radius 3 is 2.86 bits per heavy atom. The molecular weight excluding hydrogens is 264 g/mol. The number of nitrogens with two attached hydrogens (primary N) is 1. The highest BCUT2D eigenvalue weighted by Crippen LogP contribution is 2.38. The smallest absolute Gasteiger partial charge is 0.0918 e. The summed E-state index contributed by atoms with van der Waals surface area (Å²) >= 11 is 0. The molecular formula is C17H22N2O2. The molecule has 1 aromatic heterocycles. The molecule has 2 aromatic rings. The second-order valence-electron chi connectivity index (χ2n) is 5.51. The lowest BCUT2D eigenvalue weighted by atomic mass is 9.81. The number of nitrogens with zero attached hydrogens (tertiary/aromatic N) is 1. The molecule has 1 atom stereocenters. The summed E-state index contributed by atoms with van der Waals surface area (Å²) in [7, 11) is 0. The Kier molecular flexibility index (Phi) is 4.19. The van der Waals surface area contributed by atoms with Gasteiger partial charge in [-0.3, -0.25) is 4.98 Å². The Bertz CT molecular complexity index is 598. The maximum absolute atomic E-state index is 6.65. The molecule has 4 heteroatoms. The van der Waals surface area contributed by atoms with Crippen LogP contribution in [0.3, 0.4) is 0 Å². The lowest BCUT2D eigenvalue weighted by Gasteiger charge is -2.41. The average Bonchev–Trinajstić information content (AvgIpc) is 2.55. The molecule has 0 aliphatic carbocycles. The molecule has 0 spiro atoms. The van der Waals surface area contributed by atoms with Crippen LogP contribution in [-0.2, 0) is 9.47 Å². The fraction of sp³-hybridized carbons (Fsp3) is 0.471. The number of ether oxygens (including phenoxy) is 2. The summed E-state index contributed by atoms with van der Waals surface area (Å²) in [6.07, 6.45) is 3.47. The standard InChI is InChI=1S/C17H22N2O2/c1-2-21-17(8-11-20-12-9-17)16(18)14-5-3-7-15-13(14)6-4-10-19-15/h3-7,10,16H,2,8-9,11-12,18H2,1H3. The van der Waals surface area contributed by atoms with Gasteiger partial charge in [-0.1, -0.05) is 18.2 Å². The zero-order chi connectivity index (χ0) is 14.7. The minimum Gasteiger partial charge on any atom is -0.381 e. The van der Waals surface area contributed by atoms with E-state index in [1.54, 1.807) is 0 Å². The van der Waals surface area contributed by atoms with Gasteiger partial charge in [0, 0.05) is 44.2 Å². The summed E-state index contributed by atoms with van der Waals surface area (Å²) in [5, 5.41) is 1.11. The first kappa shape index (κ1) is 14.4. The van der Waals surface area contributed by atoms with Gasteiger partial charge < -0.3 is 15.2 Å². The van der Waals surface area contributed by atoms with Crippen LogP contribution in [0.2, 0.25) is 0 Å². The Labute approximate surface area is 125 Å². The van der Waals surface area contributed by atoms with Crippen molar-refractivity contribution in [3.63, 3.8) is 0 Å². The van der Waals surface area contributed by atoms with Crippen molar-refractivity contribution >= 4 is 10.9 Å². The van der Waals surface area contributed by atoms with E-state index in [9.17, 15) is 0 Å². The monoisotopic (exact) mass is 286 g/mol. The van der Waals surface area contributed by atoms with E-state index in [1.165, 1.54) is 0 Å². The van der Waals surface area contributed by atoms with E-state index >= 15 is 0 Å². The van der Waals surface area contributed by atoms with Crippen molar-refractivity contribution in [2.75, 3.05) is 19.8 Å². The van der Waals surface area contributed by atoms with Gasteiger partial charge in [0.15, 0.2) is 0 Å². The van der Waals surface area contributed by atoms with E-state index in [-0.39, 0.29) is 11.6 Å². The van der Waals surface area contributed by atoms with Gasteiger partial charge in [0.2, 0.25) is 0 Å². The minimum atomic E-state index is -0.336. The summed E-state index contributed by atoms with van der Waals surface area (Å²) in [4.78, 5) is 4.42. The normalized spacial score (nSPS) is 19.5. The molecule has 2 N–H and O–H groups in total. The maximum atomic E-state index is 6.65. The van der Waals surface area contributed by atoms with Crippen LogP contribution in [0, 0.1) is 0 Å². The van der Waals surface area contributed by atoms with Crippen LogP contribution >= 0.6 is 0 Å². The molecule has 0 saturated carbocycles. The molecule has 1 unspecified atom stereocenters. The van der Waals surface area contributed by atoms with Gasteiger partial charge in [0.05, 0.1) is 17.2 Å². The van der Waals surface area contributed by atoms with Crippen molar-refractivity contribution in [1.29, 1.82) is 0 Å². The molecule has 3 rings (SSSR count). The van der Waals surface area contributed by atoms with Gasteiger partial charge in [-0.2, -0.15) is 0 Å². The van der Waals surface area contributed by atoms with Crippen LogP contribution in [-0.4, -0.2) is 30.4 Å². The lowest BCUT2D eigenvalue weighted by molar-refractivity contribution is -0.121.